The molecule has 0 saturated heterocycles. The van der Waals surface area contributed by atoms with Crippen molar-refractivity contribution in [1.29, 1.82) is 0 Å². The van der Waals surface area contributed by atoms with Crippen molar-refractivity contribution in [2.45, 2.75) is 0 Å². The third kappa shape index (κ3) is 5.26. The van der Waals surface area contributed by atoms with Gasteiger partial charge in [-0.1, -0.05) is 176 Å². The fourth-order valence-corrected chi connectivity index (χ4v) is 8.64. The predicted molar refractivity (Wildman–Crippen MR) is 237 cm³/mol. The van der Waals surface area contributed by atoms with Gasteiger partial charge < -0.3 is 9.32 Å². The third-order valence-electron chi connectivity index (χ3n) is 11.3. The summed E-state index contributed by atoms with van der Waals surface area (Å²) in [7, 11) is 0. The number of fused-ring (bicyclic) bond motifs is 7. The molecule has 0 fully saturated rings. The van der Waals surface area contributed by atoms with Crippen LogP contribution >= 0.6 is 0 Å². The molecule has 11 aromatic rings. The molecule has 0 amide bonds. The smallest absolute Gasteiger partial charge is 0.137 e. The lowest BCUT2D eigenvalue weighted by Gasteiger charge is -2.29. The number of rotatable bonds is 6. The number of hydrogen-bond acceptors (Lipinski definition) is 2. The standard InChI is InChI=1S/C54H35NO/c1-3-15-42-38(12-1)14-9-19-43(42)40-28-26-36(27-29-40)37-30-33-41(34-31-37)55(51-23-11-25-53-54(51)49-18-6-8-24-52(49)56-53)50-22-7-5-17-48(50)46-21-10-20-45-44-16-4-2-13-39(44)32-35-47(45)46/h1-35H. The topological polar surface area (TPSA) is 16.4 Å². The summed E-state index contributed by atoms with van der Waals surface area (Å²) in [5.74, 6) is 0. The van der Waals surface area contributed by atoms with Gasteiger partial charge in [-0.3, -0.25) is 0 Å². The summed E-state index contributed by atoms with van der Waals surface area (Å²) in [6.07, 6.45) is 0. The van der Waals surface area contributed by atoms with Crippen molar-refractivity contribution in [1.82, 2.24) is 0 Å². The molecule has 0 radical (unpaired) electrons. The maximum absolute atomic E-state index is 6.44. The minimum absolute atomic E-state index is 0.866. The molecule has 0 unspecified atom stereocenters. The van der Waals surface area contributed by atoms with Crippen LogP contribution in [-0.2, 0) is 0 Å². The van der Waals surface area contributed by atoms with Crippen molar-refractivity contribution < 1.29 is 4.42 Å². The van der Waals surface area contributed by atoms with E-state index in [-0.39, 0.29) is 0 Å². The van der Waals surface area contributed by atoms with Gasteiger partial charge in [-0.05, 0) is 96.5 Å². The lowest BCUT2D eigenvalue weighted by molar-refractivity contribution is 0.669. The van der Waals surface area contributed by atoms with Crippen LogP contribution in [0.5, 0.6) is 0 Å². The van der Waals surface area contributed by atoms with E-state index in [9.17, 15) is 0 Å². The zero-order valence-corrected chi connectivity index (χ0v) is 30.6. The van der Waals surface area contributed by atoms with Crippen molar-refractivity contribution in [3.05, 3.63) is 212 Å². The molecule has 0 aliphatic heterocycles. The minimum Gasteiger partial charge on any atom is -0.456 e. The van der Waals surface area contributed by atoms with Gasteiger partial charge in [0.05, 0.1) is 16.8 Å². The summed E-state index contributed by atoms with van der Waals surface area (Å²) in [6, 6.07) is 76.5. The van der Waals surface area contributed by atoms with Crippen LogP contribution in [0.2, 0.25) is 0 Å². The summed E-state index contributed by atoms with van der Waals surface area (Å²) >= 11 is 0. The predicted octanol–water partition coefficient (Wildman–Crippen LogP) is 15.5. The number of nitrogens with zero attached hydrogens (tertiary/aromatic N) is 1. The molecule has 2 heteroatoms. The van der Waals surface area contributed by atoms with Gasteiger partial charge in [-0.25, -0.2) is 0 Å². The molecule has 0 aliphatic carbocycles. The maximum Gasteiger partial charge on any atom is 0.137 e. The highest BCUT2D eigenvalue weighted by Gasteiger charge is 2.22. The molecule has 0 bridgehead atoms. The number of benzene rings is 10. The first-order valence-corrected chi connectivity index (χ1v) is 19.2. The van der Waals surface area contributed by atoms with Crippen LogP contribution in [0.15, 0.2) is 217 Å². The monoisotopic (exact) mass is 713 g/mol. The van der Waals surface area contributed by atoms with Crippen LogP contribution in [0.1, 0.15) is 0 Å². The number of para-hydroxylation sites is 2. The summed E-state index contributed by atoms with van der Waals surface area (Å²) in [5.41, 5.74) is 12.1. The second-order valence-corrected chi connectivity index (χ2v) is 14.4. The van der Waals surface area contributed by atoms with E-state index in [1.165, 1.54) is 60.1 Å². The average molecular weight is 714 g/mol. The first kappa shape index (κ1) is 32.0. The molecule has 1 aromatic heterocycles. The second kappa shape index (κ2) is 13.2. The van der Waals surface area contributed by atoms with Crippen LogP contribution < -0.4 is 4.90 Å². The van der Waals surface area contributed by atoms with Crippen LogP contribution in [0, 0.1) is 0 Å². The van der Waals surface area contributed by atoms with Crippen molar-refractivity contribution in [2.75, 3.05) is 4.90 Å². The van der Waals surface area contributed by atoms with Gasteiger partial charge in [-0.15, -0.1) is 0 Å². The van der Waals surface area contributed by atoms with Gasteiger partial charge in [0, 0.05) is 16.6 Å². The number of anilines is 3. The molecular weight excluding hydrogens is 679 g/mol. The molecule has 56 heavy (non-hydrogen) atoms. The van der Waals surface area contributed by atoms with Crippen LogP contribution in [-0.4, -0.2) is 0 Å². The number of furan rings is 1. The van der Waals surface area contributed by atoms with E-state index >= 15 is 0 Å². The molecule has 2 nitrogen and oxygen atoms in total. The van der Waals surface area contributed by atoms with E-state index < -0.39 is 0 Å². The molecule has 0 atom stereocenters. The Balaban J connectivity index is 1.07. The lowest BCUT2D eigenvalue weighted by Crippen LogP contribution is -2.11. The Labute approximate surface area is 325 Å². The molecule has 0 aliphatic rings. The molecular formula is C54H35NO. The van der Waals surface area contributed by atoms with E-state index in [1.54, 1.807) is 0 Å². The average Bonchev–Trinajstić information content (AvgIpc) is 3.66. The van der Waals surface area contributed by atoms with E-state index in [0.717, 1.165) is 44.6 Å². The van der Waals surface area contributed by atoms with Crippen molar-refractivity contribution in [3.63, 3.8) is 0 Å². The molecule has 262 valence electrons. The third-order valence-corrected chi connectivity index (χ3v) is 11.3. The Kier molecular flexibility index (Phi) is 7.53. The Morgan fingerprint density at radius 1 is 0.286 bits per heavy atom. The Morgan fingerprint density at radius 2 is 0.821 bits per heavy atom. The van der Waals surface area contributed by atoms with Crippen molar-refractivity contribution in [3.8, 4) is 33.4 Å². The highest BCUT2D eigenvalue weighted by molar-refractivity contribution is 6.16. The largest absolute Gasteiger partial charge is 0.456 e. The first-order chi connectivity index (χ1) is 27.8. The number of hydrogen-bond donors (Lipinski definition) is 0. The quantitative estimate of drug-likeness (QED) is 0.160. The minimum atomic E-state index is 0.866. The lowest BCUT2D eigenvalue weighted by atomic mass is 9.93. The summed E-state index contributed by atoms with van der Waals surface area (Å²) in [6.45, 7) is 0. The van der Waals surface area contributed by atoms with Crippen molar-refractivity contribution >= 4 is 71.3 Å². The van der Waals surface area contributed by atoms with Gasteiger partial charge in [0.25, 0.3) is 0 Å². The van der Waals surface area contributed by atoms with Crippen molar-refractivity contribution in [2.24, 2.45) is 0 Å². The van der Waals surface area contributed by atoms with E-state index in [4.69, 9.17) is 4.42 Å². The fraction of sp³-hybridized carbons (Fsp3) is 0. The molecule has 10 aromatic carbocycles. The zero-order valence-electron chi connectivity index (χ0n) is 30.6. The first-order valence-electron chi connectivity index (χ1n) is 19.2. The summed E-state index contributed by atoms with van der Waals surface area (Å²) < 4.78 is 6.44. The fourth-order valence-electron chi connectivity index (χ4n) is 8.64. The summed E-state index contributed by atoms with van der Waals surface area (Å²) in [5, 5.41) is 9.70. The molecule has 0 spiro atoms. The molecule has 11 rings (SSSR count). The van der Waals surface area contributed by atoms with E-state index in [2.05, 4.69) is 211 Å². The Bertz CT molecular complexity index is 3240. The zero-order chi connectivity index (χ0) is 37.0. The van der Waals surface area contributed by atoms with E-state index in [1.807, 2.05) is 6.07 Å². The summed E-state index contributed by atoms with van der Waals surface area (Å²) in [4.78, 5) is 2.41. The van der Waals surface area contributed by atoms with Crippen LogP contribution in [0.25, 0.3) is 87.6 Å². The highest BCUT2D eigenvalue weighted by Crippen LogP contribution is 2.47. The SMILES string of the molecule is c1ccc(N(c2ccc(-c3ccc(-c4cccc5ccccc45)cc3)cc2)c2cccc3oc4ccccc4c23)c(-c2cccc3c2ccc2ccccc23)c1. The molecule has 1 heterocycles. The Hall–Kier alpha value is -7.42. The van der Waals surface area contributed by atoms with Crippen LogP contribution in [0.4, 0.5) is 17.1 Å². The van der Waals surface area contributed by atoms with Gasteiger partial charge >= 0.3 is 0 Å². The van der Waals surface area contributed by atoms with Crippen LogP contribution in [0.3, 0.4) is 0 Å². The van der Waals surface area contributed by atoms with Gasteiger partial charge in [0.15, 0.2) is 0 Å². The highest BCUT2D eigenvalue weighted by atomic mass is 16.3. The second-order valence-electron chi connectivity index (χ2n) is 14.4. The molecule has 0 saturated carbocycles. The molecule has 0 N–H and O–H groups in total. The van der Waals surface area contributed by atoms with Gasteiger partial charge in [-0.2, -0.15) is 0 Å². The normalized spacial score (nSPS) is 11.6. The maximum atomic E-state index is 6.44. The Morgan fingerprint density at radius 3 is 1.66 bits per heavy atom. The van der Waals surface area contributed by atoms with Gasteiger partial charge in [0.1, 0.15) is 11.2 Å². The van der Waals surface area contributed by atoms with E-state index in [0.29, 0.717) is 0 Å². The van der Waals surface area contributed by atoms with Gasteiger partial charge in [0.2, 0.25) is 0 Å².